The molecular formula is C10H9FO4. The van der Waals surface area contributed by atoms with E-state index in [1.54, 1.807) is 0 Å². The number of hydrogen-bond donors (Lipinski definition) is 1. The first kappa shape index (κ1) is 9.92. The third-order valence-corrected chi connectivity index (χ3v) is 2.16. The molecule has 80 valence electrons. The normalized spacial score (nSPS) is 14.2. The highest BCUT2D eigenvalue weighted by molar-refractivity contribution is 5.71. The van der Waals surface area contributed by atoms with Gasteiger partial charge < -0.3 is 14.6 Å². The lowest BCUT2D eigenvalue weighted by Crippen LogP contribution is -2.15. The first-order valence-corrected chi connectivity index (χ1v) is 4.41. The summed E-state index contributed by atoms with van der Waals surface area (Å²) in [6.07, 6.45) is -0.178. The molecule has 0 spiro atoms. The van der Waals surface area contributed by atoms with Gasteiger partial charge in [-0.25, -0.2) is 4.39 Å². The Kier molecular flexibility index (Phi) is 2.55. The summed E-state index contributed by atoms with van der Waals surface area (Å²) in [6, 6.07) is 2.66. The maximum absolute atomic E-state index is 13.3. The van der Waals surface area contributed by atoms with Crippen LogP contribution in [0.5, 0.6) is 5.75 Å². The fourth-order valence-corrected chi connectivity index (χ4v) is 1.51. The second-order valence-corrected chi connectivity index (χ2v) is 3.20. The van der Waals surface area contributed by atoms with E-state index < -0.39 is 11.8 Å². The van der Waals surface area contributed by atoms with Crippen molar-refractivity contribution < 1.29 is 23.8 Å². The molecule has 0 fully saturated rings. The first-order valence-electron chi connectivity index (χ1n) is 4.41. The zero-order valence-corrected chi connectivity index (χ0v) is 7.83. The molecule has 1 aliphatic rings. The monoisotopic (exact) mass is 212 g/mol. The number of rotatable bonds is 2. The molecule has 2 rings (SSSR count). The molecule has 1 heterocycles. The minimum Gasteiger partial charge on any atom is -0.481 e. The van der Waals surface area contributed by atoms with Crippen LogP contribution in [0.1, 0.15) is 11.1 Å². The molecule has 1 aliphatic heterocycles. The van der Waals surface area contributed by atoms with Crippen LogP contribution >= 0.6 is 0 Å². The molecule has 1 aromatic carbocycles. The van der Waals surface area contributed by atoms with E-state index in [-0.39, 0.29) is 19.8 Å². The van der Waals surface area contributed by atoms with Gasteiger partial charge in [-0.2, -0.15) is 0 Å². The summed E-state index contributed by atoms with van der Waals surface area (Å²) < 4.78 is 23.3. The van der Waals surface area contributed by atoms with Crippen LogP contribution in [0.15, 0.2) is 12.1 Å². The van der Waals surface area contributed by atoms with Crippen LogP contribution in [-0.4, -0.2) is 17.9 Å². The van der Waals surface area contributed by atoms with Crippen LogP contribution in [0.25, 0.3) is 0 Å². The summed E-state index contributed by atoms with van der Waals surface area (Å²) in [4.78, 5) is 10.6. The van der Waals surface area contributed by atoms with Crippen LogP contribution in [0.2, 0.25) is 0 Å². The Morgan fingerprint density at radius 3 is 3.07 bits per heavy atom. The van der Waals surface area contributed by atoms with Crippen LogP contribution in [-0.2, 0) is 22.6 Å². The van der Waals surface area contributed by atoms with Gasteiger partial charge in [-0.05, 0) is 6.07 Å². The van der Waals surface area contributed by atoms with E-state index in [2.05, 4.69) is 0 Å². The highest BCUT2D eigenvalue weighted by atomic mass is 19.1. The van der Waals surface area contributed by atoms with Crippen molar-refractivity contribution in [2.75, 3.05) is 6.79 Å². The largest absolute Gasteiger partial charge is 0.481 e. The first-order chi connectivity index (χ1) is 7.18. The van der Waals surface area contributed by atoms with Crippen molar-refractivity contribution in [2.24, 2.45) is 0 Å². The molecule has 1 N–H and O–H groups in total. The predicted octanol–water partition coefficient (Wildman–Crippen LogP) is 1.32. The van der Waals surface area contributed by atoms with E-state index in [9.17, 15) is 9.18 Å². The Bertz CT molecular complexity index is 403. The number of benzene rings is 1. The fraction of sp³-hybridized carbons (Fsp3) is 0.300. The summed E-state index contributed by atoms with van der Waals surface area (Å²) in [7, 11) is 0. The molecule has 0 atom stereocenters. The highest BCUT2D eigenvalue weighted by Gasteiger charge is 2.20. The van der Waals surface area contributed by atoms with E-state index in [0.717, 1.165) is 0 Å². The second kappa shape index (κ2) is 3.86. The lowest BCUT2D eigenvalue weighted by atomic mass is 10.1. The topological polar surface area (TPSA) is 55.8 Å². The van der Waals surface area contributed by atoms with Crippen molar-refractivity contribution in [3.63, 3.8) is 0 Å². The molecule has 0 saturated carbocycles. The molecule has 0 unspecified atom stereocenters. The Balaban J connectivity index is 2.43. The van der Waals surface area contributed by atoms with E-state index in [4.69, 9.17) is 14.6 Å². The second-order valence-electron chi connectivity index (χ2n) is 3.20. The van der Waals surface area contributed by atoms with E-state index in [1.807, 2.05) is 0 Å². The Hall–Kier alpha value is -1.62. The van der Waals surface area contributed by atoms with Crippen molar-refractivity contribution in [3.05, 3.63) is 29.1 Å². The minimum absolute atomic E-state index is 0.0308. The lowest BCUT2D eigenvalue weighted by Gasteiger charge is -2.20. The number of ether oxygens (including phenoxy) is 2. The van der Waals surface area contributed by atoms with Gasteiger partial charge in [0.05, 0.1) is 18.6 Å². The average molecular weight is 212 g/mol. The Morgan fingerprint density at radius 1 is 1.53 bits per heavy atom. The van der Waals surface area contributed by atoms with Crippen LogP contribution in [0.3, 0.4) is 0 Å². The third kappa shape index (κ3) is 1.92. The summed E-state index contributed by atoms with van der Waals surface area (Å²) in [6.45, 7) is 0.150. The minimum atomic E-state index is -0.973. The van der Waals surface area contributed by atoms with E-state index >= 15 is 0 Å². The van der Waals surface area contributed by atoms with Crippen molar-refractivity contribution in [1.82, 2.24) is 0 Å². The predicted molar refractivity (Wildman–Crippen MR) is 48.0 cm³/mol. The SMILES string of the molecule is O=C(O)Cc1ccc(F)c2c1OCOC2. The van der Waals surface area contributed by atoms with Gasteiger partial charge in [-0.3, -0.25) is 4.79 Å². The van der Waals surface area contributed by atoms with Gasteiger partial charge in [-0.1, -0.05) is 6.07 Å². The zero-order chi connectivity index (χ0) is 10.8. The van der Waals surface area contributed by atoms with Crippen molar-refractivity contribution >= 4 is 5.97 Å². The van der Waals surface area contributed by atoms with Crippen LogP contribution < -0.4 is 4.74 Å². The maximum atomic E-state index is 13.3. The summed E-state index contributed by atoms with van der Waals surface area (Å²) >= 11 is 0. The molecule has 0 aliphatic carbocycles. The molecule has 0 saturated heterocycles. The number of hydrogen-bond acceptors (Lipinski definition) is 3. The number of carbonyl (C=O) groups is 1. The van der Waals surface area contributed by atoms with Gasteiger partial charge in [0.1, 0.15) is 11.6 Å². The van der Waals surface area contributed by atoms with Gasteiger partial charge in [0, 0.05) is 5.56 Å². The fourth-order valence-electron chi connectivity index (χ4n) is 1.51. The number of carboxylic acids is 1. The van der Waals surface area contributed by atoms with Crippen LogP contribution in [0.4, 0.5) is 4.39 Å². The Labute approximate surface area is 85.2 Å². The molecule has 0 amide bonds. The molecule has 5 heteroatoms. The van der Waals surface area contributed by atoms with Crippen molar-refractivity contribution in [1.29, 1.82) is 0 Å². The van der Waals surface area contributed by atoms with Gasteiger partial charge >= 0.3 is 5.97 Å². The van der Waals surface area contributed by atoms with Crippen molar-refractivity contribution in [3.8, 4) is 5.75 Å². The van der Waals surface area contributed by atoms with E-state index in [1.165, 1.54) is 12.1 Å². The number of aliphatic carboxylic acids is 1. The quantitative estimate of drug-likeness (QED) is 0.803. The van der Waals surface area contributed by atoms with E-state index in [0.29, 0.717) is 16.9 Å². The molecular weight excluding hydrogens is 203 g/mol. The molecule has 0 bridgehead atoms. The van der Waals surface area contributed by atoms with Crippen LogP contribution in [0, 0.1) is 5.82 Å². The van der Waals surface area contributed by atoms with Gasteiger partial charge in [0.25, 0.3) is 0 Å². The number of halogens is 1. The molecule has 15 heavy (non-hydrogen) atoms. The van der Waals surface area contributed by atoms with Gasteiger partial charge in [0.15, 0.2) is 6.79 Å². The van der Waals surface area contributed by atoms with Gasteiger partial charge in [-0.15, -0.1) is 0 Å². The average Bonchev–Trinajstić information content (AvgIpc) is 2.22. The summed E-state index contributed by atoms with van der Waals surface area (Å²) in [5, 5.41) is 8.66. The zero-order valence-electron chi connectivity index (χ0n) is 7.83. The Morgan fingerprint density at radius 2 is 2.33 bits per heavy atom. The maximum Gasteiger partial charge on any atom is 0.307 e. The summed E-state index contributed by atoms with van der Waals surface area (Å²) in [5.41, 5.74) is 0.766. The molecule has 0 radical (unpaired) electrons. The molecule has 1 aromatic rings. The third-order valence-electron chi connectivity index (χ3n) is 2.16. The smallest absolute Gasteiger partial charge is 0.307 e. The van der Waals surface area contributed by atoms with Crippen molar-refractivity contribution in [2.45, 2.75) is 13.0 Å². The summed E-state index contributed by atoms with van der Waals surface area (Å²) in [5.74, 6) is -1.10. The highest BCUT2D eigenvalue weighted by Crippen LogP contribution is 2.30. The molecule has 4 nitrogen and oxygen atoms in total. The molecule has 0 aromatic heterocycles. The lowest BCUT2D eigenvalue weighted by molar-refractivity contribution is -0.136. The van der Waals surface area contributed by atoms with Gasteiger partial charge in [0.2, 0.25) is 0 Å². The number of carboxylic acid groups (broad SMARTS) is 1. The standard InChI is InChI=1S/C10H9FO4/c11-8-2-1-6(3-9(12)13)10-7(8)4-14-5-15-10/h1-2H,3-5H2,(H,12,13). The number of fused-ring (bicyclic) bond motifs is 1.